The van der Waals surface area contributed by atoms with Crippen LogP contribution in [-0.4, -0.2) is 43.7 Å². The van der Waals surface area contributed by atoms with Gasteiger partial charge in [-0.3, -0.25) is 9.69 Å². The molecular weight excluding hydrogens is 328 g/mol. The lowest BCUT2D eigenvalue weighted by Crippen LogP contribution is -2.56. The van der Waals surface area contributed by atoms with Gasteiger partial charge in [0.15, 0.2) is 0 Å². The number of primary amides is 1. The average molecular weight is 354 g/mol. The van der Waals surface area contributed by atoms with E-state index in [1.165, 1.54) is 0 Å². The molecule has 2 aromatic carbocycles. The van der Waals surface area contributed by atoms with Gasteiger partial charge in [-0.2, -0.15) is 0 Å². The van der Waals surface area contributed by atoms with E-state index >= 15 is 0 Å². The van der Waals surface area contributed by atoms with E-state index in [9.17, 15) is 4.79 Å². The number of hydrogen-bond donors (Lipinski definition) is 1. The fourth-order valence-corrected chi connectivity index (χ4v) is 3.81. The minimum atomic E-state index is -0.698. The predicted molar refractivity (Wildman–Crippen MR) is 102 cm³/mol. The smallest absolute Gasteiger partial charge is 0.240 e. The molecule has 0 radical (unpaired) electrons. The van der Waals surface area contributed by atoms with E-state index in [0.717, 1.165) is 41.8 Å². The largest absolute Gasteiger partial charge is 0.496 e. The number of para-hydroxylation sites is 1. The summed E-state index contributed by atoms with van der Waals surface area (Å²) in [4.78, 5) is 14.3. The van der Waals surface area contributed by atoms with Crippen LogP contribution >= 0.6 is 0 Å². The lowest BCUT2D eigenvalue weighted by atomic mass is 9.95. The summed E-state index contributed by atoms with van der Waals surface area (Å²) in [5, 5.41) is 0. The maximum atomic E-state index is 12.1. The number of ether oxygens (including phenoxy) is 2. The summed E-state index contributed by atoms with van der Waals surface area (Å²) in [6, 6.07) is 16.3. The molecule has 2 N–H and O–H groups in total. The molecule has 26 heavy (non-hydrogen) atoms. The molecular formula is C21H26N2O3. The van der Waals surface area contributed by atoms with Crippen molar-refractivity contribution in [3.05, 3.63) is 54.1 Å². The maximum absolute atomic E-state index is 12.1. The second-order valence-electron chi connectivity index (χ2n) is 6.75. The van der Waals surface area contributed by atoms with Crippen LogP contribution in [0.25, 0.3) is 11.1 Å². The summed E-state index contributed by atoms with van der Waals surface area (Å²) in [6.45, 7) is 1.86. The van der Waals surface area contributed by atoms with E-state index in [0.29, 0.717) is 13.2 Å². The lowest BCUT2D eigenvalue weighted by Gasteiger charge is -2.35. The normalized spacial score (nSPS) is 20.2. The molecule has 5 nitrogen and oxygen atoms in total. The first-order valence-electron chi connectivity index (χ1n) is 8.87. The minimum absolute atomic E-state index is 0.303. The van der Waals surface area contributed by atoms with Crippen molar-refractivity contribution in [2.24, 2.45) is 5.73 Å². The topological polar surface area (TPSA) is 64.8 Å². The zero-order chi connectivity index (χ0) is 18.6. The first-order valence-corrected chi connectivity index (χ1v) is 8.87. The second-order valence-corrected chi connectivity index (χ2v) is 6.75. The number of nitrogens with two attached hydrogens (primary N) is 1. The number of benzene rings is 2. The number of rotatable bonds is 7. The Hall–Kier alpha value is -2.37. The van der Waals surface area contributed by atoms with Gasteiger partial charge in [-0.25, -0.2) is 0 Å². The van der Waals surface area contributed by atoms with Crippen molar-refractivity contribution in [1.29, 1.82) is 0 Å². The standard InChI is InChI=1S/C21H26N2O3/c1-25-15-21(20(22)24)12-5-13-23(21)14-16-8-10-17(11-9-16)18-6-3-4-7-19(18)26-2/h3-4,6-11H,5,12-15H2,1-2H3,(H2,22,24). The first-order chi connectivity index (χ1) is 12.6. The third-order valence-electron chi connectivity index (χ3n) is 5.21. The highest BCUT2D eigenvalue weighted by atomic mass is 16.5. The van der Waals surface area contributed by atoms with Gasteiger partial charge in [-0.15, -0.1) is 0 Å². The average Bonchev–Trinajstić information content (AvgIpc) is 3.06. The summed E-state index contributed by atoms with van der Waals surface area (Å²) < 4.78 is 10.7. The molecule has 0 aliphatic carbocycles. The van der Waals surface area contributed by atoms with E-state index < -0.39 is 5.54 Å². The van der Waals surface area contributed by atoms with E-state index in [2.05, 4.69) is 29.2 Å². The molecule has 1 saturated heterocycles. The van der Waals surface area contributed by atoms with Crippen LogP contribution in [0.15, 0.2) is 48.5 Å². The number of nitrogens with zero attached hydrogens (tertiary/aromatic N) is 1. The Bertz CT molecular complexity index is 760. The van der Waals surface area contributed by atoms with Crippen LogP contribution in [0, 0.1) is 0 Å². The quantitative estimate of drug-likeness (QED) is 0.830. The summed E-state index contributed by atoms with van der Waals surface area (Å²) in [6.07, 6.45) is 1.70. The molecule has 0 bridgehead atoms. The van der Waals surface area contributed by atoms with Crippen molar-refractivity contribution < 1.29 is 14.3 Å². The van der Waals surface area contributed by atoms with Crippen LogP contribution in [0.1, 0.15) is 18.4 Å². The van der Waals surface area contributed by atoms with Crippen molar-refractivity contribution in [2.75, 3.05) is 27.4 Å². The zero-order valence-corrected chi connectivity index (χ0v) is 15.4. The van der Waals surface area contributed by atoms with Crippen molar-refractivity contribution >= 4 is 5.91 Å². The van der Waals surface area contributed by atoms with Crippen LogP contribution < -0.4 is 10.5 Å². The number of carbonyl (C=O) groups excluding carboxylic acids is 1. The Morgan fingerprint density at radius 3 is 2.54 bits per heavy atom. The van der Waals surface area contributed by atoms with Crippen molar-refractivity contribution in [3.63, 3.8) is 0 Å². The molecule has 3 rings (SSSR count). The van der Waals surface area contributed by atoms with Gasteiger partial charge in [-0.1, -0.05) is 42.5 Å². The SMILES string of the molecule is COCC1(C(N)=O)CCCN1Cc1ccc(-c2ccccc2OC)cc1. The van der Waals surface area contributed by atoms with Gasteiger partial charge in [0.2, 0.25) is 5.91 Å². The van der Waals surface area contributed by atoms with Crippen molar-refractivity contribution in [3.8, 4) is 16.9 Å². The Kier molecular flexibility index (Phi) is 5.59. The molecule has 0 saturated carbocycles. The molecule has 0 spiro atoms. The fraction of sp³-hybridized carbons (Fsp3) is 0.381. The summed E-state index contributed by atoms with van der Waals surface area (Å²) >= 11 is 0. The molecule has 1 aliphatic heterocycles. The highest BCUT2D eigenvalue weighted by Crippen LogP contribution is 2.33. The Labute approximate surface area is 154 Å². The lowest BCUT2D eigenvalue weighted by molar-refractivity contribution is -0.132. The molecule has 1 aliphatic rings. The summed E-state index contributed by atoms with van der Waals surface area (Å²) in [5.74, 6) is 0.551. The van der Waals surface area contributed by atoms with Gasteiger partial charge in [0, 0.05) is 19.2 Å². The fourth-order valence-electron chi connectivity index (χ4n) is 3.81. The van der Waals surface area contributed by atoms with Crippen LogP contribution in [-0.2, 0) is 16.1 Å². The monoisotopic (exact) mass is 354 g/mol. The summed E-state index contributed by atoms with van der Waals surface area (Å²) in [5.41, 5.74) is 8.33. The molecule has 138 valence electrons. The molecule has 1 unspecified atom stereocenters. The zero-order valence-electron chi connectivity index (χ0n) is 15.4. The van der Waals surface area contributed by atoms with Gasteiger partial charge in [0.05, 0.1) is 13.7 Å². The molecule has 1 heterocycles. The molecule has 1 atom stereocenters. The van der Waals surface area contributed by atoms with E-state index in [1.54, 1.807) is 14.2 Å². The number of amides is 1. The van der Waals surface area contributed by atoms with E-state index in [-0.39, 0.29) is 5.91 Å². The highest BCUT2D eigenvalue weighted by Gasteiger charge is 2.46. The van der Waals surface area contributed by atoms with E-state index in [4.69, 9.17) is 15.2 Å². The number of likely N-dealkylation sites (tertiary alicyclic amines) is 1. The third-order valence-corrected chi connectivity index (χ3v) is 5.21. The highest BCUT2D eigenvalue weighted by molar-refractivity contribution is 5.85. The second kappa shape index (κ2) is 7.89. The summed E-state index contributed by atoms with van der Waals surface area (Å²) in [7, 11) is 3.29. The maximum Gasteiger partial charge on any atom is 0.240 e. The Morgan fingerprint density at radius 2 is 1.88 bits per heavy atom. The van der Waals surface area contributed by atoms with Crippen LogP contribution in [0.4, 0.5) is 0 Å². The third kappa shape index (κ3) is 3.45. The van der Waals surface area contributed by atoms with Gasteiger partial charge >= 0.3 is 0 Å². The molecule has 1 amide bonds. The van der Waals surface area contributed by atoms with E-state index in [1.807, 2.05) is 24.3 Å². The molecule has 1 fully saturated rings. The Morgan fingerprint density at radius 1 is 1.15 bits per heavy atom. The molecule has 5 heteroatoms. The molecule has 2 aromatic rings. The van der Waals surface area contributed by atoms with Crippen LogP contribution in [0.2, 0.25) is 0 Å². The van der Waals surface area contributed by atoms with Crippen LogP contribution in [0.3, 0.4) is 0 Å². The van der Waals surface area contributed by atoms with Gasteiger partial charge in [0.25, 0.3) is 0 Å². The van der Waals surface area contributed by atoms with Gasteiger partial charge < -0.3 is 15.2 Å². The first kappa shape index (κ1) is 18.4. The number of methoxy groups -OCH3 is 2. The number of hydrogen-bond acceptors (Lipinski definition) is 4. The van der Waals surface area contributed by atoms with Crippen molar-refractivity contribution in [1.82, 2.24) is 4.90 Å². The number of carbonyl (C=O) groups is 1. The van der Waals surface area contributed by atoms with Crippen molar-refractivity contribution in [2.45, 2.75) is 24.9 Å². The predicted octanol–water partition coefficient (Wildman–Crippen LogP) is 2.83. The van der Waals surface area contributed by atoms with Gasteiger partial charge in [-0.05, 0) is 36.6 Å². The Balaban J connectivity index is 1.80. The van der Waals surface area contributed by atoms with Crippen LogP contribution in [0.5, 0.6) is 5.75 Å². The minimum Gasteiger partial charge on any atom is -0.496 e. The molecule has 0 aromatic heterocycles. The van der Waals surface area contributed by atoms with Gasteiger partial charge in [0.1, 0.15) is 11.3 Å².